The Hall–Kier alpha value is -2.79. The van der Waals surface area contributed by atoms with E-state index < -0.39 is 45.9 Å². The number of halogens is 4. The number of carbonyl (C=O) groups is 2. The Labute approximate surface area is 226 Å². The van der Waals surface area contributed by atoms with Gasteiger partial charge in [0.25, 0.3) is 0 Å². The minimum Gasteiger partial charge on any atom is -0.352 e. The number of aryl methyl sites for hydroxylation is 1. The molecule has 3 rings (SSSR count). The molecule has 0 aromatic heterocycles. The number of benzene rings is 2. The summed E-state index contributed by atoms with van der Waals surface area (Å²) in [6, 6.07) is 8.55. The molecule has 0 spiro atoms. The number of carbonyl (C=O) groups excluding carboxylic acids is 2. The number of sulfonamides is 1. The molecule has 1 N–H and O–H groups in total. The summed E-state index contributed by atoms with van der Waals surface area (Å²) in [4.78, 5) is 27.9. The standard InChI is InChI=1S/C26H31ClF3N3O4S/c1-17-7-6-8-19(13-17)15-32(18(2)25(35)31-21-9-4-5-10-21)24(34)16-33(38(3,36)37)23-14-20(26(28,29)30)11-12-22(23)27/h6-8,11-14,18,21H,4-5,9-10,15-16H2,1-3H3,(H,31,35)/t18-/m0/s1. The number of alkyl halides is 3. The van der Waals surface area contributed by atoms with Gasteiger partial charge in [0, 0.05) is 12.6 Å². The van der Waals surface area contributed by atoms with Crippen LogP contribution in [0.3, 0.4) is 0 Å². The molecule has 1 aliphatic carbocycles. The Bertz CT molecular complexity index is 1280. The number of hydrogen-bond acceptors (Lipinski definition) is 4. The molecule has 2 aromatic rings. The van der Waals surface area contributed by atoms with Gasteiger partial charge < -0.3 is 10.2 Å². The van der Waals surface area contributed by atoms with Crippen molar-refractivity contribution >= 4 is 39.1 Å². The summed E-state index contributed by atoms with van der Waals surface area (Å²) in [6.07, 6.45) is -0.326. The molecule has 0 unspecified atom stereocenters. The van der Waals surface area contributed by atoms with E-state index in [1.807, 2.05) is 19.1 Å². The maximum absolute atomic E-state index is 13.6. The summed E-state index contributed by atoms with van der Waals surface area (Å²) in [5, 5.41) is 2.68. The molecular formula is C26H31ClF3N3O4S. The zero-order valence-corrected chi connectivity index (χ0v) is 23.0. The maximum Gasteiger partial charge on any atom is 0.416 e. The highest BCUT2D eigenvalue weighted by molar-refractivity contribution is 7.92. The third-order valence-corrected chi connectivity index (χ3v) is 7.97. The van der Waals surface area contributed by atoms with Gasteiger partial charge in [0.15, 0.2) is 0 Å². The summed E-state index contributed by atoms with van der Waals surface area (Å²) in [5.41, 5.74) is 0.0446. The fourth-order valence-electron chi connectivity index (χ4n) is 4.46. The van der Waals surface area contributed by atoms with Crippen LogP contribution in [0.4, 0.5) is 18.9 Å². The summed E-state index contributed by atoms with van der Waals surface area (Å²) >= 11 is 6.10. The van der Waals surface area contributed by atoms with Crippen molar-refractivity contribution in [1.29, 1.82) is 0 Å². The minimum absolute atomic E-state index is 0.00250. The van der Waals surface area contributed by atoms with Crippen molar-refractivity contribution in [2.75, 3.05) is 17.1 Å². The van der Waals surface area contributed by atoms with Crippen LogP contribution in [0.15, 0.2) is 42.5 Å². The molecule has 0 saturated heterocycles. The SMILES string of the molecule is Cc1cccc(CN(C(=O)CN(c2cc(C(F)(F)F)ccc2Cl)S(C)(=O)=O)[C@@H](C)C(=O)NC2CCCC2)c1. The van der Waals surface area contributed by atoms with E-state index in [9.17, 15) is 31.2 Å². The molecule has 0 bridgehead atoms. The predicted octanol–water partition coefficient (Wildman–Crippen LogP) is 4.91. The van der Waals surface area contributed by atoms with E-state index in [1.165, 1.54) is 4.90 Å². The van der Waals surface area contributed by atoms with Crippen LogP contribution in [0.1, 0.15) is 49.3 Å². The smallest absolute Gasteiger partial charge is 0.352 e. The van der Waals surface area contributed by atoms with Gasteiger partial charge in [0.2, 0.25) is 21.8 Å². The average molecular weight is 574 g/mol. The van der Waals surface area contributed by atoms with Crippen molar-refractivity contribution in [2.45, 2.75) is 64.3 Å². The van der Waals surface area contributed by atoms with Gasteiger partial charge in [-0.1, -0.05) is 54.3 Å². The monoisotopic (exact) mass is 573 g/mol. The molecule has 0 aliphatic heterocycles. The normalized spacial score (nSPS) is 15.2. The Kier molecular flexibility index (Phi) is 9.35. The number of nitrogens with zero attached hydrogens (tertiary/aromatic N) is 2. The number of hydrogen-bond donors (Lipinski definition) is 1. The molecular weight excluding hydrogens is 543 g/mol. The van der Waals surface area contributed by atoms with E-state index >= 15 is 0 Å². The van der Waals surface area contributed by atoms with E-state index in [4.69, 9.17) is 11.6 Å². The lowest BCUT2D eigenvalue weighted by molar-refractivity contribution is -0.139. The number of rotatable bonds is 9. The van der Waals surface area contributed by atoms with Gasteiger partial charge in [-0.15, -0.1) is 0 Å². The van der Waals surface area contributed by atoms with Gasteiger partial charge in [-0.3, -0.25) is 13.9 Å². The molecule has 38 heavy (non-hydrogen) atoms. The summed E-state index contributed by atoms with van der Waals surface area (Å²) < 4.78 is 66.0. The van der Waals surface area contributed by atoms with E-state index in [0.29, 0.717) is 15.9 Å². The van der Waals surface area contributed by atoms with Gasteiger partial charge in [0.1, 0.15) is 12.6 Å². The zero-order chi connectivity index (χ0) is 28.3. The van der Waals surface area contributed by atoms with Crippen LogP contribution in [-0.2, 0) is 32.3 Å². The summed E-state index contributed by atoms with van der Waals surface area (Å²) in [7, 11) is -4.24. The molecule has 1 aliphatic rings. The van der Waals surface area contributed by atoms with E-state index in [2.05, 4.69) is 5.32 Å². The summed E-state index contributed by atoms with van der Waals surface area (Å²) in [6.45, 7) is 2.56. The average Bonchev–Trinajstić information content (AvgIpc) is 3.32. The highest BCUT2D eigenvalue weighted by Gasteiger charge is 2.35. The first-order chi connectivity index (χ1) is 17.7. The van der Waals surface area contributed by atoms with Crippen molar-refractivity contribution in [3.63, 3.8) is 0 Å². The second kappa shape index (κ2) is 11.9. The summed E-state index contributed by atoms with van der Waals surface area (Å²) in [5.74, 6) is -1.15. The van der Waals surface area contributed by atoms with Crippen LogP contribution >= 0.6 is 11.6 Å². The van der Waals surface area contributed by atoms with Crippen molar-refractivity contribution in [3.05, 3.63) is 64.2 Å². The lowest BCUT2D eigenvalue weighted by atomic mass is 10.1. The number of anilines is 1. The molecule has 12 heteroatoms. The largest absolute Gasteiger partial charge is 0.416 e. The highest BCUT2D eigenvalue weighted by atomic mass is 35.5. The first-order valence-electron chi connectivity index (χ1n) is 12.2. The van der Waals surface area contributed by atoms with Crippen molar-refractivity contribution in [2.24, 2.45) is 0 Å². The molecule has 0 heterocycles. The second-order valence-electron chi connectivity index (χ2n) is 9.61. The van der Waals surface area contributed by atoms with Crippen LogP contribution in [-0.4, -0.2) is 50.0 Å². The van der Waals surface area contributed by atoms with Gasteiger partial charge >= 0.3 is 6.18 Å². The molecule has 2 aromatic carbocycles. The predicted molar refractivity (Wildman–Crippen MR) is 140 cm³/mol. The first kappa shape index (κ1) is 29.8. The Morgan fingerprint density at radius 3 is 2.37 bits per heavy atom. The van der Waals surface area contributed by atoms with Gasteiger partial charge in [-0.05, 0) is 50.5 Å². The Morgan fingerprint density at radius 2 is 1.79 bits per heavy atom. The lowest BCUT2D eigenvalue weighted by Gasteiger charge is -2.32. The van der Waals surface area contributed by atoms with Gasteiger partial charge in [-0.25, -0.2) is 8.42 Å². The third kappa shape index (κ3) is 7.63. The molecule has 7 nitrogen and oxygen atoms in total. The zero-order valence-electron chi connectivity index (χ0n) is 21.4. The van der Waals surface area contributed by atoms with Crippen molar-refractivity contribution in [1.82, 2.24) is 10.2 Å². The van der Waals surface area contributed by atoms with Crippen LogP contribution in [0.2, 0.25) is 5.02 Å². The van der Waals surface area contributed by atoms with E-state index in [0.717, 1.165) is 49.6 Å². The van der Waals surface area contributed by atoms with Crippen LogP contribution in [0.5, 0.6) is 0 Å². The topological polar surface area (TPSA) is 86.8 Å². The Balaban J connectivity index is 1.96. The fraction of sp³-hybridized carbons (Fsp3) is 0.462. The Morgan fingerprint density at radius 1 is 1.13 bits per heavy atom. The third-order valence-electron chi connectivity index (χ3n) is 6.53. The van der Waals surface area contributed by atoms with Crippen LogP contribution in [0, 0.1) is 6.92 Å². The van der Waals surface area contributed by atoms with Crippen LogP contribution in [0.25, 0.3) is 0 Å². The van der Waals surface area contributed by atoms with Gasteiger partial charge in [-0.2, -0.15) is 13.2 Å². The quantitative estimate of drug-likeness (QED) is 0.462. The molecule has 0 radical (unpaired) electrons. The number of nitrogens with one attached hydrogen (secondary N) is 1. The molecule has 208 valence electrons. The van der Waals surface area contributed by atoms with E-state index in [1.54, 1.807) is 19.1 Å². The fourth-order valence-corrected chi connectivity index (χ4v) is 5.58. The molecule has 1 saturated carbocycles. The van der Waals surface area contributed by atoms with Gasteiger partial charge in [0.05, 0.1) is 22.5 Å². The van der Waals surface area contributed by atoms with E-state index in [-0.39, 0.29) is 23.5 Å². The lowest BCUT2D eigenvalue weighted by Crippen LogP contribution is -2.52. The maximum atomic E-state index is 13.6. The van der Waals surface area contributed by atoms with Crippen molar-refractivity contribution < 1.29 is 31.2 Å². The van der Waals surface area contributed by atoms with Crippen LogP contribution < -0.4 is 9.62 Å². The molecule has 1 fully saturated rings. The highest BCUT2D eigenvalue weighted by Crippen LogP contribution is 2.36. The molecule has 1 atom stereocenters. The van der Waals surface area contributed by atoms with Crippen molar-refractivity contribution in [3.8, 4) is 0 Å². The first-order valence-corrected chi connectivity index (χ1v) is 14.4. The molecule has 2 amide bonds. The second-order valence-corrected chi connectivity index (χ2v) is 11.9. The minimum atomic E-state index is -4.75. The number of amides is 2.